The Labute approximate surface area is 158 Å². The van der Waals surface area contributed by atoms with E-state index in [0.29, 0.717) is 19.0 Å². The second-order valence-electron chi connectivity index (χ2n) is 7.26. The Hall–Kier alpha value is -2.95. The number of nitriles is 1. The number of likely N-dealkylation sites (tertiary alicyclic amines) is 1. The molecule has 1 saturated heterocycles. The van der Waals surface area contributed by atoms with E-state index in [1.807, 2.05) is 37.0 Å². The fraction of sp³-hybridized carbons (Fsp3) is 0.526. The zero-order chi connectivity index (χ0) is 19.7. The molecule has 1 unspecified atom stereocenters. The number of hydrogen-bond donors (Lipinski definition) is 0. The summed E-state index contributed by atoms with van der Waals surface area (Å²) in [6.45, 7) is 4.45. The minimum Gasteiger partial charge on any atom is -0.354 e. The quantitative estimate of drug-likeness (QED) is 0.757. The molecule has 3 heterocycles. The van der Waals surface area contributed by atoms with Crippen LogP contribution in [-0.2, 0) is 16.6 Å². The molecule has 1 aliphatic heterocycles. The number of hydrogen-bond acceptors (Lipinski definition) is 6. The molecule has 2 aromatic rings. The standard InChI is InChI=1S/C19H24N6O2/c1-12-5-8-25(19(27)15(9-20)13(2)26)10-16(12)24(4)18-14-6-7-23(3)17(14)21-11-22-18/h6-7,11-12,15-16H,5,8,10H2,1-4H3/t12-,15?,16+/m1/s1. The smallest absolute Gasteiger partial charge is 0.247 e. The second-order valence-corrected chi connectivity index (χ2v) is 7.26. The van der Waals surface area contributed by atoms with Gasteiger partial charge in [-0.25, -0.2) is 9.97 Å². The van der Waals surface area contributed by atoms with Crippen LogP contribution in [0.4, 0.5) is 5.82 Å². The number of aromatic nitrogens is 3. The number of rotatable bonds is 4. The van der Waals surface area contributed by atoms with Gasteiger partial charge in [-0.15, -0.1) is 0 Å². The number of ketones is 1. The molecule has 0 radical (unpaired) electrons. The summed E-state index contributed by atoms with van der Waals surface area (Å²) < 4.78 is 1.94. The third kappa shape index (κ3) is 3.37. The van der Waals surface area contributed by atoms with E-state index in [-0.39, 0.29) is 6.04 Å². The van der Waals surface area contributed by atoms with Crippen LogP contribution in [0.2, 0.25) is 0 Å². The number of anilines is 1. The van der Waals surface area contributed by atoms with Gasteiger partial charge in [-0.05, 0) is 25.3 Å². The van der Waals surface area contributed by atoms with E-state index >= 15 is 0 Å². The molecule has 1 amide bonds. The normalized spacial score (nSPS) is 20.9. The molecule has 0 bridgehead atoms. The summed E-state index contributed by atoms with van der Waals surface area (Å²) in [5, 5.41) is 10.1. The minimum atomic E-state index is -1.22. The zero-order valence-electron chi connectivity index (χ0n) is 16.1. The van der Waals surface area contributed by atoms with Crippen LogP contribution in [0.1, 0.15) is 20.3 Å². The number of Topliss-reactive ketones (excluding diaryl/α,β-unsaturated/α-hetero) is 1. The van der Waals surface area contributed by atoms with E-state index in [9.17, 15) is 14.9 Å². The van der Waals surface area contributed by atoms with Crippen LogP contribution in [0.5, 0.6) is 0 Å². The summed E-state index contributed by atoms with van der Waals surface area (Å²) >= 11 is 0. The van der Waals surface area contributed by atoms with E-state index in [1.165, 1.54) is 6.92 Å². The molecular formula is C19H24N6O2. The molecule has 1 aliphatic rings. The highest BCUT2D eigenvalue weighted by molar-refractivity contribution is 6.02. The number of fused-ring (bicyclic) bond motifs is 1. The topological polar surface area (TPSA) is 95.1 Å². The fourth-order valence-corrected chi connectivity index (χ4v) is 3.76. The Balaban J connectivity index is 1.87. The van der Waals surface area contributed by atoms with Gasteiger partial charge in [-0.3, -0.25) is 9.59 Å². The average molecular weight is 368 g/mol. The third-order valence-corrected chi connectivity index (χ3v) is 5.49. The molecule has 8 heteroatoms. The molecule has 1 fully saturated rings. The number of nitrogens with zero attached hydrogens (tertiary/aromatic N) is 6. The zero-order valence-corrected chi connectivity index (χ0v) is 16.1. The van der Waals surface area contributed by atoms with Crippen LogP contribution >= 0.6 is 0 Å². The third-order valence-electron chi connectivity index (χ3n) is 5.49. The number of amides is 1. The molecule has 142 valence electrons. The van der Waals surface area contributed by atoms with Gasteiger partial charge in [0, 0.05) is 33.4 Å². The lowest BCUT2D eigenvalue weighted by molar-refractivity contribution is -0.139. The number of likely N-dealkylation sites (N-methyl/N-ethyl adjacent to an activating group) is 1. The van der Waals surface area contributed by atoms with Crippen molar-refractivity contribution in [1.82, 2.24) is 19.4 Å². The molecule has 3 atom stereocenters. The highest BCUT2D eigenvalue weighted by Gasteiger charge is 2.36. The molecule has 3 rings (SSSR count). The van der Waals surface area contributed by atoms with Crippen LogP contribution in [-0.4, -0.2) is 57.3 Å². The van der Waals surface area contributed by atoms with Crippen molar-refractivity contribution in [2.75, 3.05) is 25.0 Å². The second kappa shape index (κ2) is 7.35. The molecular weight excluding hydrogens is 344 g/mol. The Morgan fingerprint density at radius 1 is 1.41 bits per heavy atom. The maximum atomic E-state index is 12.6. The maximum Gasteiger partial charge on any atom is 0.247 e. The minimum absolute atomic E-state index is 0.0345. The van der Waals surface area contributed by atoms with Gasteiger partial charge in [0.15, 0.2) is 11.7 Å². The van der Waals surface area contributed by atoms with Gasteiger partial charge in [0.2, 0.25) is 5.91 Å². The Morgan fingerprint density at radius 3 is 2.81 bits per heavy atom. The summed E-state index contributed by atoms with van der Waals surface area (Å²) in [7, 11) is 3.91. The van der Waals surface area contributed by atoms with Gasteiger partial charge in [-0.2, -0.15) is 5.26 Å². The van der Waals surface area contributed by atoms with Gasteiger partial charge in [0.25, 0.3) is 0 Å². The molecule has 0 spiro atoms. The summed E-state index contributed by atoms with van der Waals surface area (Å²) in [6.07, 6.45) is 4.30. The van der Waals surface area contributed by atoms with Crippen molar-refractivity contribution < 1.29 is 9.59 Å². The van der Waals surface area contributed by atoms with Crippen molar-refractivity contribution >= 4 is 28.5 Å². The molecule has 0 aromatic carbocycles. The first-order valence-electron chi connectivity index (χ1n) is 9.02. The molecule has 0 N–H and O–H groups in total. The van der Waals surface area contributed by atoms with Crippen molar-refractivity contribution in [1.29, 1.82) is 5.26 Å². The van der Waals surface area contributed by atoms with E-state index in [4.69, 9.17) is 0 Å². The lowest BCUT2D eigenvalue weighted by Gasteiger charge is -2.42. The van der Waals surface area contributed by atoms with Crippen molar-refractivity contribution in [2.24, 2.45) is 18.9 Å². The number of carbonyl (C=O) groups excluding carboxylic acids is 2. The van der Waals surface area contributed by atoms with E-state index in [0.717, 1.165) is 23.3 Å². The highest BCUT2D eigenvalue weighted by Crippen LogP contribution is 2.29. The largest absolute Gasteiger partial charge is 0.354 e. The Morgan fingerprint density at radius 2 is 2.15 bits per heavy atom. The number of piperidine rings is 1. The molecule has 0 saturated carbocycles. The van der Waals surface area contributed by atoms with Crippen LogP contribution in [0.25, 0.3) is 11.0 Å². The van der Waals surface area contributed by atoms with Gasteiger partial charge < -0.3 is 14.4 Å². The average Bonchev–Trinajstić information content (AvgIpc) is 3.03. The number of aryl methyl sites for hydroxylation is 1. The first kappa shape index (κ1) is 18.8. The van der Waals surface area contributed by atoms with Crippen molar-refractivity contribution in [3.63, 3.8) is 0 Å². The van der Waals surface area contributed by atoms with Crippen molar-refractivity contribution in [3.8, 4) is 6.07 Å². The molecule has 0 aliphatic carbocycles. The van der Waals surface area contributed by atoms with Gasteiger partial charge in [-0.1, -0.05) is 6.92 Å². The fourth-order valence-electron chi connectivity index (χ4n) is 3.76. The van der Waals surface area contributed by atoms with Crippen LogP contribution in [0.15, 0.2) is 18.6 Å². The SMILES string of the molecule is CC(=O)C(C#N)C(=O)N1CC[C@@H](C)[C@@H](N(C)c2ncnc3c2ccn3C)C1. The first-order chi connectivity index (χ1) is 12.8. The van der Waals surface area contributed by atoms with Gasteiger partial charge >= 0.3 is 0 Å². The maximum absolute atomic E-state index is 12.6. The summed E-state index contributed by atoms with van der Waals surface area (Å²) in [4.78, 5) is 36.8. The van der Waals surface area contributed by atoms with Crippen LogP contribution in [0, 0.1) is 23.2 Å². The van der Waals surface area contributed by atoms with Crippen LogP contribution < -0.4 is 4.90 Å². The molecule has 27 heavy (non-hydrogen) atoms. The lowest BCUT2D eigenvalue weighted by atomic mass is 9.91. The Bertz CT molecular complexity index is 915. The predicted octanol–water partition coefficient (Wildman–Crippen LogP) is 1.37. The summed E-state index contributed by atoms with van der Waals surface area (Å²) in [6, 6.07) is 3.85. The molecule has 8 nitrogen and oxygen atoms in total. The van der Waals surface area contributed by atoms with E-state index in [2.05, 4.69) is 21.8 Å². The number of carbonyl (C=O) groups is 2. The van der Waals surface area contributed by atoms with Gasteiger partial charge in [0.1, 0.15) is 17.8 Å². The highest BCUT2D eigenvalue weighted by atomic mass is 16.2. The Kier molecular flexibility index (Phi) is 5.13. The summed E-state index contributed by atoms with van der Waals surface area (Å²) in [5.41, 5.74) is 0.851. The van der Waals surface area contributed by atoms with Crippen LogP contribution in [0.3, 0.4) is 0 Å². The lowest BCUT2D eigenvalue weighted by Crippen LogP contribution is -2.54. The predicted molar refractivity (Wildman–Crippen MR) is 101 cm³/mol. The van der Waals surface area contributed by atoms with Crippen molar-refractivity contribution in [2.45, 2.75) is 26.3 Å². The van der Waals surface area contributed by atoms with E-state index in [1.54, 1.807) is 11.2 Å². The van der Waals surface area contributed by atoms with E-state index < -0.39 is 17.6 Å². The summed E-state index contributed by atoms with van der Waals surface area (Å²) in [5.74, 6) is -0.874. The first-order valence-corrected chi connectivity index (χ1v) is 9.02. The monoisotopic (exact) mass is 368 g/mol. The molecule has 2 aromatic heterocycles. The van der Waals surface area contributed by atoms with Crippen molar-refractivity contribution in [3.05, 3.63) is 18.6 Å². The van der Waals surface area contributed by atoms with Gasteiger partial charge in [0.05, 0.1) is 17.5 Å².